The summed E-state index contributed by atoms with van der Waals surface area (Å²) >= 11 is 0. The van der Waals surface area contributed by atoms with E-state index in [9.17, 15) is 4.79 Å². The van der Waals surface area contributed by atoms with Gasteiger partial charge in [0.2, 0.25) is 0 Å². The van der Waals surface area contributed by atoms with Crippen LogP contribution in [0.3, 0.4) is 0 Å². The van der Waals surface area contributed by atoms with E-state index in [-0.39, 0.29) is 5.78 Å². The Morgan fingerprint density at radius 3 is 1.56 bits per heavy atom. The highest BCUT2D eigenvalue weighted by Crippen LogP contribution is 2.32. The SMILES string of the molecule is CC1C/C(=C/c2ccc(-n3cncn3)cc2)C(=O)/C(=C/c2ccc(-n3cncn3)cc2)C1. The van der Waals surface area contributed by atoms with Crippen molar-refractivity contribution in [1.29, 1.82) is 0 Å². The van der Waals surface area contributed by atoms with Crippen LogP contribution in [0.2, 0.25) is 0 Å². The van der Waals surface area contributed by atoms with E-state index in [1.54, 1.807) is 22.0 Å². The third-order valence-electron chi connectivity index (χ3n) is 5.55. The van der Waals surface area contributed by atoms with Gasteiger partial charge in [-0.25, -0.2) is 19.3 Å². The lowest BCUT2D eigenvalue weighted by molar-refractivity contribution is -0.113. The molecule has 0 spiro atoms. The molecule has 1 fully saturated rings. The average Bonchev–Trinajstić information content (AvgIpc) is 3.53. The second-order valence-corrected chi connectivity index (χ2v) is 8.04. The molecule has 7 nitrogen and oxygen atoms in total. The second-order valence-electron chi connectivity index (χ2n) is 8.04. The largest absolute Gasteiger partial charge is 0.289 e. The van der Waals surface area contributed by atoms with E-state index in [2.05, 4.69) is 27.1 Å². The highest BCUT2D eigenvalue weighted by molar-refractivity contribution is 6.14. The van der Waals surface area contributed by atoms with Crippen LogP contribution in [0.4, 0.5) is 0 Å². The molecule has 1 unspecified atom stereocenters. The van der Waals surface area contributed by atoms with Gasteiger partial charge in [0.05, 0.1) is 11.4 Å². The van der Waals surface area contributed by atoms with Crippen LogP contribution in [0.1, 0.15) is 30.9 Å². The molecule has 0 radical (unpaired) electrons. The molecule has 2 heterocycles. The second kappa shape index (κ2) is 8.55. The van der Waals surface area contributed by atoms with Crippen molar-refractivity contribution in [3.8, 4) is 11.4 Å². The molecule has 1 aliphatic carbocycles. The van der Waals surface area contributed by atoms with Crippen molar-refractivity contribution in [2.75, 3.05) is 0 Å². The predicted octanol–water partition coefficient (Wildman–Crippen LogP) is 4.31. The minimum Gasteiger partial charge on any atom is -0.289 e. The van der Waals surface area contributed by atoms with Gasteiger partial charge in [-0.1, -0.05) is 31.2 Å². The van der Waals surface area contributed by atoms with Crippen molar-refractivity contribution in [3.63, 3.8) is 0 Å². The fourth-order valence-electron chi connectivity index (χ4n) is 4.00. The van der Waals surface area contributed by atoms with Crippen LogP contribution in [0, 0.1) is 5.92 Å². The number of ketones is 1. The summed E-state index contributed by atoms with van der Waals surface area (Å²) in [5.41, 5.74) is 5.57. The first kappa shape index (κ1) is 19.8. The number of Topliss-reactive ketones (excluding diaryl/α,β-unsaturated/α-hetero) is 1. The van der Waals surface area contributed by atoms with Crippen molar-refractivity contribution in [2.24, 2.45) is 5.92 Å². The van der Waals surface area contributed by atoms with Crippen LogP contribution >= 0.6 is 0 Å². The van der Waals surface area contributed by atoms with Crippen LogP contribution in [0.5, 0.6) is 0 Å². The fourth-order valence-corrected chi connectivity index (χ4v) is 4.00. The van der Waals surface area contributed by atoms with Crippen molar-refractivity contribution in [1.82, 2.24) is 29.5 Å². The van der Waals surface area contributed by atoms with Crippen molar-refractivity contribution < 1.29 is 4.79 Å². The summed E-state index contributed by atoms with van der Waals surface area (Å²) in [6.07, 6.45) is 11.9. The molecular weight excluding hydrogens is 400 g/mol. The molecular formula is C25H22N6O. The maximum atomic E-state index is 13.2. The fraction of sp³-hybridized carbons (Fsp3) is 0.160. The predicted molar refractivity (Wildman–Crippen MR) is 122 cm³/mol. The molecule has 0 N–H and O–H groups in total. The minimum absolute atomic E-state index is 0.129. The summed E-state index contributed by atoms with van der Waals surface area (Å²) in [4.78, 5) is 21.2. The van der Waals surface area contributed by atoms with Gasteiger partial charge >= 0.3 is 0 Å². The van der Waals surface area contributed by atoms with Gasteiger partial charge in [-0.15, -0.1) is 0 Å². The van der Waals surface area contributed by atoms with Gasteiger partial charge in [0, 0.05) is 11.1 Å². The van der Waals surface area contributed by atoms with Gasteiger partial charge < -0.3 is 0 Å². The normalized spacial score (nSPS) is 19.0. The topological polar surface area (TPSA) is 78.5 Å². The summed E-state index contributed by atoms with van der Waals surface area (Å²) < 4.78 is 3.42. The van der Waals surface area contributed by atoms with E-state index in [1.165, 1.54) is 12.7 Å². The Labute approximate surface area is 185 Å². The van der Waals surface area contributed by atoms with Crippen LogP contribution in [0.25, 0.3) is 23.5 Å². The summed E-state index contributed by atoms with van der Waals surface area (Å²) in [6.45, 7) is 2.19. The molecule has 0 saturated heterocycles. The zero-order valence-corrected chi connectivity index (χ0v) is 17.7. The molecule has 32 heavy (non-hydrogen) atoms. The molecule has 0 aliphatic heterocycles. The molecule has 158 valence electrons. The number of benzene rings is 2. The molecule has 2 aromatic heterocycles. The number of allylic oxidation sites excluding steroid dienone is 2. The Morgan fingerprint density at radius 2 is 1.19 bits per heavy atom. The highest BCUT2D eigenvalue weighted by atomic mass is 16.1. The Balaban J connectivity index is 1.37. The number of hydrogen-bond acceptors (Lipinski definition) is 5. The van der Waals surface area contributed by atoms with Gasteiger partial charge in [0.1, 0.15) is 25.3 Å². The van der Waals surface area contributed by atoms with E-state index in [0.29, 0.717) is 5.92 Å². The Kier molecular flexibility index (Phi) is 5.29. The van der Waals surface area contributed by atoms with E-state index < -0.39 is 0 Å². The van der Waals surface area contributed by atoms with Gasteiger partial charge in [0.25, 0.3) is 0 Å². The Bertz CT molecular complexity index is 1170. The minimum atomic E-state index is 0.129. The monoisotopic (exact) mass is 422 g/mol. The van der Waals surface area contributed by atoms with Gasteiger partial charge in [-0.05, 0) is 66.3 Å². The summed E-state index contributed by atoms with van der Waals surface area (Å²) in [7, 11) is 0. The number of hydrogen-bond donors (Lipinski definition) is 0. The quantitative estimate of drug-likeness (QED) is 0.458. The van der Waals surface area contributed by atoms with Gasteiger partial charge in [-0.3, -0.25) is 4.79 Å². The number of nitrogens with zero attached hydrogens (tertiary/aromatic N) is 6. The molecule has 2 aromatic carbocycles. The van der Waals surface area contributed by atoms with E-state index in [1.807, 2.05) is 60.7 Å². The third-order valence-corrected chi connectivity index (χ3v) is 5.55. The highest BCUT2D eigenvalue weighted by Gasteiger charge is 2.25. The molecule has 5 rings (SSSR count). The molecule has 1 saturated carbocycles. The van der Waals surface area contributed by atoms with Crippen LogP contribution in [0.15, 0.2) is 85.0 Å². The van der Waals surface area contributed by atoms with Gasteiger partial charge in [0.15, 0.2) is 5.78 Å². The first-order valence-corrected chi connectivity index (χ1v) is 10.5. The maximum absolute atomic E-state index is 13.2. The summed E-state index contributed by atoms with van der Waals surface area (Å²) in [5.74, 6) is 0.540. The summed E-state index contributed by atoms with van der Waals surface area (Å²) in [5, 5.41) is 8.29. The van der Waals surface area contributed by atoms with Crippen molar-refractivity contribution in [2.45, 2.75) is 19.8 Å². The number of carbonyl (C=O) groups is 1. The molecule has 7 heteroatoms. The average molecular weight is 422 g/mol. The molecule has 1 aliphatic rings. The lowest BCUT2D eigenvalue weighted by atomic mass is 9.81. The lowest BCUT2D eigenvalue weighted by Crippen LogP contribution is -2.18. The van der Waals surface area contributed by atoms with Crippen molar-refractivity contribution in [3.05, 3.63) is 96.1 Å². The summed E-state index contributed by atoms with van der Waals surface area (Å²) in [6, 6.07) is 15.9. The zero-order valence-electron chi connectivity index (χ0n) is 17.7. The maximum Gasteiger partial charge on any atom is 0.185 e. The Morgan fingerprint density at radius 1 is 0.750 bits per heavy atom. The van der Waals surface area contributed by atoms with Gasteiger partial charge in [-0.2, -0.15) is 10.2 Å². The standard InChI is InChI=1S/C25H22N6O/c1-18-10-21(12-19-2-6-23(7-3-19)30-16-26-14-28-30)25(32)22(11-18)13-20-4-8-24(9-5-20)31-17-27-15-29-31/h2-9,12-18H,10-11H2,1H3/b21-12-,22-13+. The number of aromatic nitrogens is 6. The smallest absolute Gasteiger partial charge is 0.185 e. The van der Waals surface area contributed by atoms with E-state index in [0.717, 1.165) is 46.5 Å². The van der Waals surface area contributed by atoms with Crippen LogP contribution in [-0.2, 0) is 4.79 Å². The first-order valence-electron chi connectivity index (χ1n) is 10.5. The molecule has 0 bridgehead atoms. The van der Waals surface area contributed by atoms with Crippen LogP contribution < -0.4 is 0 Å². The van der Waals surface area contributed by atoms with Crippen LogP contribution in [-0.4, -0.2) is 35.3 Å². The Hall–Kier alpha value is -4.13. The molecule has 0 amide bonds. The van der Waals surface area contributed by atoms with E-state index in [4.69, 9.17) is 0 Å². The third kappa shape index (κ3) is 4.18. The zero-order chi connectivity index (χ0) is 21.9. The van der Waals surface area contributed by atoms with Crippen molar-refractivity contribution >= 4 is 17.9 Å². The molecule has 4 aromatic rings. The molecule has 1 atom stereocenters. The number of carbonyl (C=O) groups excluding carboxylic acids is 1. The number of rotatable bonds is 4. The first-order chi connectivity index (χ1) is 15.7. The lowest BCUT2D eigenvalue weighted by Gasteiger charge is -2.22. The van der Waals surface area contributed by atoms with E-state index >= 15 is 0 Å².